The van der Waals surface area contributed by atoms with Crippen molar-refractivity contribution in [2.24, 2.45) is 7.05 Å². The van der Waals surface area contributed by atoms with Crippen molar-refractivity contribution in [2.75, 3.05) is 29.4 Å². The number of aryl methyl sites for hydroxylation is 1. The number of benzene rings is 1. The lowest BCUT2D eigenvalue weighted by atomic mass is 10.0. The van der Waals surface area contributed by atoms with Crippen LogP contribution in [0.3, 0.4) is 0 Å². The number of hydrogen-bond donors (Lipinski definition) is 0. The van der Waals surface area contributed by atoms with E-state index in [-0.39, 0.29) is 24.5 Å². The fourth-order valence-electron chi connectivity index (χ4n) is 4.19. The highest BCUT2D eigenvalue weighted by atomic mass is 16.2. The highest BCUT2D eigenvalue weighted by Crippen LogP contribution is 2.29. The van der Waals surface area contributed by atoms with Crippen LogP contribution in [0.25, 0.3) is 11.2 Å². The Bertz CT molecular complexity index is 1070. The van der Waals surface area contributed by atoms with Crippen molar-refractivity contribution in [1.29, 1.82) is 0 Å². The van der Waals surface area contributed by atoms with Crippen LogP contribution in [0.15, 0.2) is 43.0 Å². The standard InChI is InChI=1S/C20H21N7O2/c1-24-13-23-17-18(24)21-12-22-19(17)25-9-7-14(8-10-25)26-11-16(28)27(20(26)29)15-5-3-2-4-6-15/h2-6,12-14H,7-11H2,1H3. The van der Waals surface area contributed by atoms with E-state index in [1.807, 2.05) is 29.8 Å². The van der Waals surface area contributed by atoms with Crippen LogP contribution in [0.1, 0.15) is 12.8 Å². The molecule has 9 nitrogen and oxygen atoms in total. The van der Waals surface area contributed by atoms with Gasteiger partial charge in [0.25, 0.3) is 5.91 Å². The molecule has 9 heteroatoms. The van der Waals surface area contributed by atoms with Gasteiger partial charge in [-0.1, -0.05) is 18.2 Å². The minimum atomic E-state index is -0.228. The lowest BCUT2D eigenvalue weighted by Crippen LogP contribution is -2.47. The molecule has 0 saturated carbocycles. The van der Waals surface area contributed by atoms with Gasteiger partial charge in [0, 0.05) is 26.2 Å². The average molecular weight is 391 g/mol. The third kappa shape index (κ3) is 2.89. The fraction of sp³-hybridized carbons (Fsp3) is 0.350. The van der Waals surface area contributed by atoms with Gasteiger partial charge in [-0.2, -0.15) is 0 Å². The summed E-state index contributed by atoms with van der Waals surface area (Å²) in [7, 11) is 1.91. The minimum absolute atomic E-state index is 0.0393. The Morgan fingerprint density at radius 3 is 2.52 bits per heavy atom. The van der Waals surface area contributed by atoms with Gasteiger partial charge in [-0.3, -0.25) is 4.79 Å². The molecule has 148 valence electrons. The molecule has 0 bridgehead atoms. The number of carbonyl (C=O) groups is 2. The van der Waals surface area contributed by atoms with Gasteiger partial charge in [-0.25, -0.2) is 24.6 Å². The summed E-state index contributed by atoms with van der Waals surface area (Å²) in [5.41, 5.74) is 2.22. The van der Waals surface area contributed by atoms with E-state index < -0.39 is 0 Å². The van der Waals surface area contributed by atoms with E-state index in [0.29, 0.717) is 5.69 Å². The zero-order valence-corrected chi connectivity index (χ0v) is 16.1. The first kappa shape index (κ1) is 17.6. The summed E-state index contributed by atoms with van der Waals surface area (Å²) in [5.74, 6) is 0.651. The van der Waals surface area contributed by atoms with Gasteiger partial charge in [0.05, 0.1) is 12.0 Å². The van der Waals surface area contributed by atoms with Crippen molar-refractivity contribution in [2.45, 2.75) is 18.9 Å². The van der Waals surface area contributed by atoms with Crippen molar-refractivity contribution in [3.63, 3.8) is 0 Å². The number of amides is 3. The number of carbonyl (C=O) groups excluding carboxylic acids is 2. The summed E-state index contributed by atoms with van der Waals surface area (Å²) in [6, 6.07) is 8.91. The molecule has 2 saturated heterocycles. The number of aromatic nitrogens is 4. The van der Waals surface area contributed by atoms with Crippen LogP contribution in [0.5, 0.6) is 0 Å². The first-order chi connectivity index (χ1) is 14.1. The van der Waals surface area contributed by atoms with Crippen LogP contribution in [-0.4, -0.2) is 62.0 Å². The predicted octanol–water partition coefficient (Wildman–Crippen LogP) is 1.80. The van der Waals surface area contributed by atoms with Gasteiger partial charge in [-0.05, 0) is 25.0 Å². The number of hydrogen-bond acceptors (Lipinski definition) is 6. The Kier molecular flexibility index (Phi) is 4.15. The molecule has 4 heterocycles. The number of imidazole rings is 1. The number of anilines is 2. The summed E-state index contributed by atoms with van der Waals surface area (Å²) in [6.07, 6.45) is 4.86. The summed E-state index contributed by atoms with van der Waals surface area (Å²) in [5, 5.41) is 0. The van der Waals surface area contributed by atoms with Gasteiger partial charge in [0.2, 0.25) is 0 Å². The number of nitrogens with zero attached hydrogens (tertiary/aromatic N) is 7. The van der Waals surface area contributed by atoms with Crippen LogP contribution in [-0.2, 0) is 11.8 Å². The first-order valence-electron chi connectivity index (χ1n) is 9.69. The van der Waals surface area contributed by atoms with E-state index in [0.717, 1.165) is 42.9 Å². The zero-order chi connectivity index (χ0) is 20.0. The largest absolute Gasteiger partial charge is 0.355 e. The fourth-order valence-corrected chi connectivity index (χ4v) is 4.19. The molecule has 29 heavy (non-hydrogen) atoms. The SMILES string of the molecule is Cn1cnc2c(N3CCC(N4CC(=O)N(c5ccccc5)C4=O)CC3)ncnc21. The van der Waals surface area contributed by atoms with Gasteiger partial charge in [0.1, 0.15) is 12.9 Å². The molecule has 2 aliphatic heterocycles. The molecule has 3 aromatic rings. The molecule has 0 aliphatic carbocycles. The Morgan fingerprint density at radius 2 is 1.76 bits per heavy atom. The van der Waals surface area contributed by atoms with Crippen LogP contribution in [0, 0.1) is 0 Å². The molecular weight excluding hydrogens is 370 g/mol. The zero-order valence-electron chi connectivity index (χ0n) is 16.1. The molecule has 5 rings (SSSR count). The second kappa shape index (κ2) is 6.84. The molecule has 3 amide bonds. The van der Waals surface area contributed by atoms with Crippen molar-refractivity contribution >= 4 is 34.6 Å². The van der Waals surface area contributed by atoms with Crippen molar-refractivity contribution in [3.8, 4) is 0 Å². The molecule has 0 N–H and O–H groups in total. The van der Waals surface area contributed by atoms with Crippen molar-refractivity contribution in [3.05, 3.63) is 43.0 Å². The smallest absolute Gasteiger partial charge is 0.332 e. The number of urea groups is 1. The molecule has 0 atom stereocenters. The summed E-state index contributed by atoms with van der Waals surface area (Å²) in [4.78, 5) is 43.8. The second-order valence-corrected chi connectivity index (χ2v) is 7.42. The average Bonchev–Trinajstić information content (AvgIpc) is 3.28. The minimum Gasteiger partial charge on any atom is -0.355 e. The third-order valence-electron chi connectivity index (χ3n) is 5.69. The number of rotatable bonds is 3. The number of fused-ring (bicyclic) bond motifs is 1. The molecule has 2 fully saturated rings. The highest BCUT2D eigenvalue weighted by molar-refractivity contribution is 6.19. The Balaban J connectivity index is 1.31. The monoisotopic (exact) mass is 391 g/mol. The summed E-state index contributed by atoms with van der Waals surface area (Å²) < 4.78 is 1.87. The van der Waals surface area contributed by atoms with Gasteiger partial charge < -0.3 is 14.4 Å². The predicted molar refractivity (Wildman–Crippen MR) is 108 cm³/mol. The van der Waals surface area contributed by atoms with E-state index in [2.05, 4.69) is 19.9 Å². The number of imide groups is 1. The maximum atomic E-state index is 12.9. The Labute approximate surface area is 167 Å². The Hall–Kier alpha value is -3.49. The van der Waals surface area contributed by atoms with E-state index in [1.165, 1.54) is 4.90 Å². The summed E-state index contributed by atoms with van der Waals surface area (Å²) >= 11 is 0. The lowest BCUT2D eigenvalue weighted by Gasteiger charge is -2.36. The van der Waals surface area contributed by atoms with Crippen LogP contribution in [0.2, 0.25) is 0 Å². The molecule has 2 aliphatic rings. The van der Waals surface area contributed by atoms with Crippen molar-refractivity contribution in [1.82, 2.24) is 24.4 Å². The molecule has 2 aromatic heterocycles. The van der Waals surface area contributed by atoms with Gasteiger partial charge in [0.15, 0.2) is 17.0 Å². The lowest BCUT2D eigenvalue weighted by molar-refractivity contribution is -0.116. The molecule has 0 spiro atoms. The molecular formula is C20H21N7O2. The number of piperidine rings is 1. The van der Waals surface area contributed by atoms with E-state index >= 15 is 0 Å². The van der Waals surface area contributed by atoms with E-state index in [9.17, 15) is 9.59 Å². The molecule has 0 radical (unpaired) electrons. The maximum Gasteiger partial charge on any atom is 0.332 e. The molecule has 0 unspecified atom stereocenters. The second-order valence-electron chi connectivity index (χ2n) is 7.42. The number of para-hydroxylation sites is 1. The topological polar surface area (TPSA) is 87.5 Å². The third-order valence-corrected chi connectivity index (χ3v) is 5.69. The van der Waals surface area contributed by atoms with Crippen LogP contribution in [0.4, 0.5) is 16.3 Å². The van der Waals surface area contributed by atoms with Crippen molar-refractivity contribution < 1.29 is 9.59 Å². The van der Waals surface area contributed by atoms with Crippen LogP contribution < -0.4 is 9.80 Å². The van der Waals surface area contributed by atoms with Gasteiger partial charge in [-0.15, -0.1) is 0 Å². The highest BCUT2D eigenvalue weighted by Gasteiger charge is 2.41. The first-order valence-corrected chi connectivity index (χ1v) is 9.69. The van der Waals surface area contributed by atoms with E-state index in [4.69, 9.17) is 0 Å². The Morgan fingerprint density at radius 1 is 1.00 bits per heavy atom. The van der Waals surface area contributed by atoms with Crippen LogP contribution >= 0.6 is 0 Å². The summed E-state index contributed by atoms with van der Waals surface area (Å²) in [6.45, 7) is 1.63. The van der Waals surface area contributed by atoms with E-state index in [1.54, 1.807) is 29.7 Å². The quantitative estimate of drug-likeness (QED) is 0.633. The normalized spacial score (nSPS) is 18.3. The van der Waals surface area contributed by atoms with Gasteiger partial charge >= 0.3 is 6.03 Å². The maximum absolute atomic E-state index is 12.9. The molecule has 1 aromatic carbocycles.